The molecule has 51 heavy (non-hydrogen) atoms. The van der Waals surface area contributed by atoms with Gasteiger partial charge in [0.25, 0.3) is 0 Å². The maximum absolute atomic E-state index is 12.3. The van der Waals surface area contributed by atoms with Gasteiger partial charge in [-0.1, -0.05) is 48.5 Å². The summed E-state index contributed by atoms with van der Waals surface area (Å²) in [5, 5.41) is 5.83. The molecule has 5 rings (SSSR count). The van der Waals surface area contributed by atoms with E-state index in [0.29, 0.717) is 27.6 Å². The van der Waals surface area contributed by atoms with Crippen LogP contribution in [0.2, 0.25) is 0 Å². The number of nitrogens with one attached hydrogen (secondary N) is 2. The summed E-state index contributed by atoms with van der Waals surface area (Å²) in [6.45, 7) is 6.53. The minimum Gasteiger partial charge on any atom is -0.492 e. The molecular weight excluding hydrogens is 724 g/mol. The number of halogens is 1. The van der Waals surface area contributed by atoms with E-state index in [4.69, 9.17) is 28.1 Å². The predicted octanol–water partition coefficient (Wildman–Crippen LogP) is 6.84. The minimum atomic E-state index is -0.694. The van der Waals surface area contributed by atoms with Gasteiger partial charge < -0.3 is 38.7 Å². The second-order valence-corrected chi connectivity index (χ2v) is 13.6. The zero-order chi connectivity index (χ0) is 36.4. The lowest BCUT2D eigenvalue weighted by molar-refractivity contribution is -0.155. The van der Waals surface area contributed by atoms with Crippen LogP contribution in [0.4, 0.5) is 9.59 Å². The molecule has 1 aromatic heterocycles. The van der Waals surface area contributed by atoms with Crippen LogP contribution in [0.3, 0.4) is 0 Å². The van der Waals surface area contributed by atoms with E-state index in [1.165, 1.54) is 6.07 Å². The fourth-order valence-electron chi connectivity index (χ4n) is 5.65. The third-order valence-corrected chi connectivity index (χ3v) is 8.44. The molecule has 4 aromatic rings. The largest absolute Gasteiger partial charge is 0.492 e. The highest BCUT2D eigenvalue weighted by molar-refractivity contribution is 9.10. The second-order valence-electron chi connectivity index (χ2n) is 12.8. The molecule has 1 aliphatic carbocycles. The van der Waals surface area contributed by atoms with Crippen LogP contribution < -0.4 is 21.0 Å². The molecular formula is C38H41BrN2O10. The van der Waals surface area contributed by atoms with E-state index in [-0.39, 0.29) is 70.0 Å². The van der Waals surface area contributed by atoms with Crippen LogP contribution in [-0.2, 0) is 30.3 Å². The van der Waals surface area contributed by atoms with E-state index in [2.05, 4.69) is 50.8 Å². The molecule has 0 saturated carbocycles. The number of esters is 1. The number of carbonyl (C=O) groups excluding carboxylic acids is 3. The average Bonchev–Trinajstić information content (AvgIpc) is 3.40. The molecule has 2 N–H and O–H groups in total. The molecule has 0 saturated heterocycles. The fraction of sp³-hybridized carbons (Fsp3) is 0.368. The quantitative estimate of drug-likeness (QED) is 0.0570. The van der Waals surface area contributed by atoms with Crippen molar-refractivity contribution >= 4 is 45.1 Å². The molecule has 0 bridgehead atoms. The maximum atomic E-state index is 12.3. The molecule has 270 valence electrons. The van der Waals surface area contributed by atoms with Crippen molar-refractivity contribution < 1.29 is 42.5 Å². The van der Waals surface area contributed by atoms with Gasteiger partial charge in [-0.25, -0.2) is 14.4 Å². The summed E-state index contributed by atoms with van der Waals surface area (Å²) in [4.78, 5) is 48.8. The Kier molecular flexibility index (Phi) is 12.7. The van der Waals surface area contributed by atoms with Crippen LogP contribution in [0.25, 0.3) is 22.1 Å². The van der Waals surface area contributed by atoms with Crippen LogP contribution in [0.1, 0.15) is 56.2 Å². The first-order valence-electron chi connectivity index (χ1n) is 16.7. The predicted molar refractivity (Wildman–Crippen MR) is 193 cm³/mol. The molecule has 0 fully saturated rings. The monoisotopic (exact) mass is 764 g/mol. The van der Waals surface area contributed by atoms with Crippen molar-refractivity contribution in [1.29, 1.82) is 0 Å². The number of fused-ring (bicyclic) bond motifs is 4. The Hall–Kier alpha value is -4.88. The van der Waals surface area contributed by atoms with Crippen molar-refractivity contribution in [3.63, 3.8) is 0 Å². The molecule has 12 nitrogen and oxygen atoms in total. The molecule has 2 amide bonds. The third-order valence-electron chi connectivity index (χ3n) is 7.82. The number of alkyl carbamates (subject to hydrolysis) is 2. The first-order chi connectivity index (χ1) is 24.5. The van der Waals surface area contributed by atoms with Crippen molar-refractivity contribution in [3.05, 3.63) is 98.3 Å². The van der Waals surface area contributed by atoms with Crippen molar-refractivity contribution in [2.75, 3.05) is 39.5 Å². The number of benzene rings is 3. The van der Waals surface area contributed by atoms with Crippen molar-refractivity contribution in [2.24, 2.45) is 0 Å². The van der Waals surface area contributed by atoms with Crippen LogP contribution in [0, 0.1) is 0 Å². The summed E-state index contributed by atoms with van der Waals surface area (Å²) in [5.41, 5.74) is 4.15. The second kappa shape index (κ2) is 17.4. The van der Waals surface area contributed by atoms with Crippen molar-refractivity contribution in [2.45, 2.75) is 51.7 Å². The highest BCUT2D eigenvalue weighted by atomic mass is 79.9. The van der Waals surface area contributed by atoms with Crippen LogP contribution in [0.15, 0.2) is 80.4 Å². The topological polar surface area (TPSA) is 152 Å². The fourth-order valence-corrected chi connectivity index (χ4v) is 6.10. The normalized spacial score (nSPS) is 12.2. The molecule has 13 heteroatoms. The van der Waals surface area contributed by atoms with Gasteiger partial charge in [0, 0.05) is 48.5 Å². The first-order valence-corrected chi connectivity index (χ1v) is 17.5. The zero-order valence-electron chi connectivity index (χ0n) is 28.8. The highest BCUT2D eigenvalue weighted by Gasteiger charge is 2.29. The summed E-state index contributed by atoms with van der Waals surface area (Å²) >= 11 is 3.47. The van der Waals surface area contributed by atoms with Crippen LogP contribution in [0.5, 0.6) is 5.75 Å². The van der Waals surface area contributed by atoms with Gasteiger partial charge in [-0.2, -0.15) is 0 Å². The number of ether oxygens (including phenoxy) is 5. The Balaban J connectivity index is 0.977. The number of rotatable bonds is 15. The van der Waals surface area contributed by atoms with E-state index in [1.807, 2.05) is 45.0 Å². The Morgan fingerprint density at radius 2 is 1.47 bits per heavy atom. The highest BCUT2D eigenvalue weighted by Crippen LogP contribution is 2.44. The van der Waals surface area contributed by atoms with Gasteiger partial charge in [0.15, 0.2) is 0 Å². The molecule has 1 aliphatic rings. The molecule has 0 atom stereocenters. The molecule has 0 spiro atoms. The van der Waals surface area contributed by atoms with Crippen LogP contribution >= 0.6 is 15.9 Å². The lowest BCUT2D eigenvalue weighted by Gasteiger charge is -2.19. The summed E-state index contributed by atoms with van der Waals surface area (Å²) in [6.07, 6.45) is -0.583. The Morgan fingerprint density at radius 3 is 2.12 bits per heavy atom. The first kappa shape index (κ1) is 37.4. The third kappa shape index (κ3) is 10.6. The van der Waals surface area contributed by atoms with E-state index < -0.39 is 23.4 Å². The lowest BCUT2D eigenvalue weighted by Crippen LogP contribution is -2.31. The SMILES string of the molecule is CC(C)(C)OC(=O)CCCOc1cc2oc(=O)cc(COC(=O)NCCOCCNC(=O)OCC3c4ccccc4-c4ccccc43)c2cc1Br. The summed E-state index contributed by atoms with van der Waals surface area (Å²) in [5.74, 6) is 0.0998. The number of carbonyl (C=O) groups is 3. The smallest absolute Gasteiger partial charge is 0.407 e. The molecule has 0 aliphatic heterocycles. The molecule has 0 unspecified atom stereocenters. The van der Waals surface area contributed by atoms with Crippen LogP contribution in [-0.4, -0.2) is 63.3 Å². The van der Waals surface area contributed by atoms with Gasteiger partial charge in [-0.05, 0) is 71.4 Å². The van der Waals surface area contributed by atoms with Gasteiger partial charge >= 0.3 is 23.8 Å². The summed E-state index contributed by atoms with van der Waals surface area (Å²) in [7, 11) is 0. The van der Waals surface area contributed by atoms with Gasteiger partial charge in [0.05, 0.1) is 24.3 Å². The summed E-state index contributed by atoms with van der Waals surface area (Å²) in [6, 6.07) is 20.8. The Labute approximate surface area is 303 Å². The van der Waals surface area contributed by atoms with E-state index in [0.717, 1.165) is 22.3 Å². The Morgan fingerprint density at radius 1 is 0.843 bits per heavy atom. The zero-order valence-corrected chi connectivity index (χ0v) is 30.3. The van der Waals surface area contributed by atoms with Crippen molar-refractivity contribution in [3.8, 4) is 16.9 Å². The van der Waals surface area contributed by atoms with E-state index in [9.17, 15) is 19.2 Å². The lowest BCUT2D eigenvalue weighted by atomic mass is 9.98. The number of hydrogen-bond acceptors (Lipinski definition) is 10. The van der Waals surface area contributed by atoms with E-state index in [1.54, 1.807) is 12.1 Å². The van der Waals surface area contributed by atoms with Gasteiger partial charge in [-0.3, -0.25) is 4.79 Å². The van der Waals surface area contributed by atoms with Gasteiger partial charge in [0.2, 0.25) is 0 Å². The molecule has 3 aromatic carbocycles. The minimum absolute atomic E-state index is 0.0212. The maximum Gasteiger partial charge on any atom is 0.407 e. The van der Waals surface area contributed by atoms with E-state index >= 15 is 0 Å². The molecule has 0 radical (unpaired) electrons. The van der Waals surface area contributed by atoms with Gasteiger partial charge in [-0.15, -0.1) is 0 Å². The number of amides is 2. The molecule has 1 heterocycles. The van der Waals surface area contributed by atoms with Crippen molar-refractivity contribution in [1.82, 2.24) is 10.6 Å². The summed E-state index contributed by atoms with van der Waals surface area (Å²) < 4.78 is 33.4. The number of hydrogen-bond donors (Lipinski definition) is 2. The standard InChI is InChI=1S/C38H41BrN2O10/c1-38(2,3)51-34(42)13-8-16-47-33-21-32-29(20-31(33)39)24(19-35(43)50-32)22-48-36(44)40-14-17-46-18-15-41-37(45)49-23-30-27-11-6-4-9-25(27)26-10-5-7-12-28(26)30/h4-7,9-12,19-21,30H,8,13-18,22-23H2,1-3H3,(H,40,44)(H,41,45). The average molecular weight is 766 g/mol. The van der Waals surface area contributed by atoms with Gasteiger partial charge in [0.1, 0.15) is 30.1 Å². The Bertz CT molecular complexity index is 1870.